The fraction of sp³-hybridized carbons (Fsp3) is 0.286. The normalized spacial score (nSPS) is 11.9. The molecule has 0 aliphatic rings. The van der Waals surface area contributed by atoms with Crippen molar-refractivity contribution in [3.8, 4) is 5.75 Å². The van der Waals surface area contributed by atoms with Gasteiger partial charge in [0.05, 0.1) is 17.7 Å². The fourth-order valence-corrected chi connectivity index (χ4v) is 5.53. The molecule has 0 aliphatic heterocycles. The van der Waals surface area contributed by atoms with Crippen LogP contribution in [0.4, 0.5) is 5.69 Å². The van der Waals surface area contributed by atoms with E-state index in [9.17, 15) is 18.0 Å². The summed E-state index contributed by atoms with van der Waals surface area (Å²) in [5.74, 6) is -0.207. The van der Waals surface area contributed by atoms with Gasteiger partial charge in [-0.15, -0.1) is 0 Å². The molecule has 0 heterocycles. The molecule has 0 aromatic heterocycles. The number of sulfonamides is 1. The lowest BCUT2D eigenvalue weighted by atomic mass is 10.1. The molecule has 38 heavy (non-hydrogen) atoms. The highest BCUT2D eigenvalue weighted by atomic mass is 35.5. The van der Waals surface area contributed by atoms with Crippen LogP contribution in [0.3, 0.4) is 0 Å². The summed E-state index contributed by atoms with van der Waals surface area (Å²) < 4.78 is 33.9. The first-order valence-electron chi connectivity index (χ1n) is 12.1. The number of likely N-dealkylation sites (N-methyl/N-ethyl adjacent to an activating group) is 1. The zero-order valence-electron chi connectivity index (χ0n) is 21.8. The van der Waals surface area contributed by atoms with Gasteiger partial charge in [0.2, 0.25) is 11.8 Å². The third-order valence-corrected chi connectivity index (χ3v) is 8.12. The fourth-order valence-electron chi connectivity index (χ4n) is 3.92. The number of carbonyl (C=O) groups is 2. The molecule has 0 saturated carbocycles. The van der Waals surface area contributed by atoms with E-state index in [0.29, 0.717) is 28.6 Å². The number of carbonyl (C=O) groups excluding carboxylic acids is 2. The van der Waals surface area contributed by atoms with Gasteiger partial charge in [-0.25, -0.2) is 8.42 Å². The van der Waals surface area contributed by atoms with Gasteiger partial charge in [0.25, 0.3) is 10.0 Å². The second-order valence-electron chi connectivity index (χ2n) is 8.69. The summed E-state index contributed by atoms with van der Waals surface area (Å²) in [5.41, 5.74) is 1.81. The number of hydrogen-bond acceptors (Lipinski definition) is 5. The molecule has 3 aromatic carbocycles. The van der Waals surface area contributed by atoms with E-state index in [1.54, 1.807) is 76.4 Å². The maximum atomic E-state index is 13.8. The summed E-state index contributed by atoms with van der Waals surface area (Å²) in [7, 11) is -2.59. The van der Waals surface area contributed by atoms with E-state index < -0.39 is 28.5 Å². The quantitative estimate of drug-likeness (QED) is 0.377. The van der Waals surface area contributed by atoms with Crippen molar-refractivity contribution in [3.63, 3.8) is 0 Å². The van der Waals surface area contributed by atoms with Crippen molar-refractivity contribution in [2.45, 2.75) is 38.3 Å². The maximum Gasteiger partial charge on any atom is 0.264 e. The van der Waals surface area contributed by atoms with E-state index in [4.69, 9.17) is 16.3 Å². The first-order valence-corrected chi connectivity index (χ1v) is 13.9. The molecular formula is C28H32ClN3O5S. The molecule has 3 aromatic rings. The topological polar surface area (TPSA) is 96.0 Å². The first-order chi connectivity index (χ1) is 18.1. The van der Waals surface area contributed by atoms with E-state index in [1.807, 2.05) is 0 Å². The van der Waals surface area contributed by atoms with Crippen molar-refractivity contribution in [2.75, 3.05) is 24.5 Å². The standard InChI is InChI=1S/C28H32ClN3O5S/c1-5-30-28(34)21(3)31(18-22-10-14-24(37-4)15-11-22)27(33)19-32(26-9-7-6-8-20(26)2)38(35,36)25-16-12-23(29)13-17-25/h6-17,21H,5,18-19H2,1-4H3,(H,30,34)/t21-/m0/s1. The molecular weight excluding hydrogens is 526 g/mol. The van der Waals surface area contributed by atoms with Gasteiger partial charge in [-0.2, -0.15) is 0 Å². The Morgan fingerprint density at radius 1 is 1.00 bits per heavy atom. The maximum absolute atomic E-state index is 13.8. The SMILES string of the molecule is CCNC(=O)[C@H](C)N(Cc1ccc(OC)cc1)C(=O)CN(c1ccccc1C)S(=O)(=O)c1ccc(Cl)cc1. The Kier molecular flexibility index (Phi) is 9.77. The number of para-hydroxylation sites is 1. The number of aryl methyl sites for hydroxylation is 1. The molecule has 202 valence electrons. The molecule has 8 nitrogen and oxygen atoms in total. The van der Waals surface area contributed by atoms with Crippen molar-refractivity contribution < 1.29 is 22.7 Å². The molecule has 0 bridgehead atoms. The Hall–Kier alpha value is -3.56. The van der Waals surface area contributed by atoms with Crippen LogP contribution in [0.1, 0.15) is 25.0 Å². The van der Waals surface area contributed by atoms with Crippen LogP contribution in [0, 0.1) is 6.92 Å². The summed E-state index contributed by atoms with van der Waals surface area (Å²) in [5, 5.41) is 3.14. The molecule has 1 atom stereocenters. The van der Waals surface area contributed by atoms with Crippen LogP contribution in [0.2, 0.25) is 5.02 Å². The van der Waals surface area contributed by atoms with Crippen LogP contribution in [0.25, 0.3) is 0 Å². The Bertz CT molecular complexity index is 1360. The van der Waals surface area contributed by atoms with E-state index in [1.165, 1.54) is 29.2 Å². The largest absolute Gasteiger partial charge is 0.497 e. The predicted molar refractivity (Wildman–Crippen MR) is 149 cm³/mol. The molecule has 0 saturated heterocycles. The molecule has 0 unspecified atom stereocenters. The van der Waals surface area contributed by atoms with Crippen LogP contribution in [-0.2, 0) is 26.2 Å². The highest BCUT2D eigenvalue weighted by Gasteiger charge is 2.33. The summed E-state index contributed by atoms with van der Waals surface area (Å²) in [4.78, 5) is 28.0. The second-order valence-corrected chi connectivity index (χ2v) is 11.0. The smallest absolute Gasteiger partial charge is 0.264 e. The highest BCUT2D eigenvalue weighted by Crippen LogP contribution is 2.28. The van der Waals surface area contributed by atoms with Gasteiger partial charge in [-0.3, -0.25) is 13.9 Å². The minimum atomic E-state index is -4.15. The number of ether oxygens (including phenoxy) is 1. The van der Waals surface area contributed by atoms with Crippen molar-refractivity contribution >= 4 is 39.1 Å². The molecule has 3 rings (SSSR count). The lowest BCUT2D eigenvalue weighted by molar-refractivity contribution is -0.139. The summed E-state index contributed by atoms with van der Waals surface area (Å²) in [6.45, 7) is 5.18. The number of methoxy groups -OCH3 is 1. The molecule has 1 N–H and O–H groups in total. The van der Waals surface area contributed by atoms with Crippen LogP contribution in [0.5, 0.6) is 5.75 Å². The lowest BCUT2D eigenvalue weighted by Gasteiger charge is -2.32. The Morgan fingerprint density at radius 2 is 1.63 bits per heavy atom. The van der Waals surface area contributed by atoms with Gasteiger partial charge < -0.3 is 15.0 Å². The first kappa shape index (κ1) is 29.0. The Morgan fingerprint density at radius 3 is 2.21 bits per heavy atom. The number of hydrogen-bond donors (Lipinski definition) is 1. The van der Waals surface area contributed by atoms with Gasteiger partial charge in [0, 0.05) is 18.1 Å². The van der Waals surface area contributed by atoms with Gasteiger partial charge in [0.15, 0.2) is 0 Å². The number of nitrogens with zero attached hydrogens (tertiary/aromatic N) is 2. The number of amides is 2. The number of rotatable bonds is 11. The monoisotopic (exact) mass is 557 g/mol. The number of halogens is 1. The third kappa shape index (κ3) is 6.85. The Labute approximate surface area is 229 Å². The van der Waals surface area contributed by atoms with Gasteiger partial charge >= 0.3 is 0 Å². The number of nitrogens with one attached hydrogen (secondary N) is 1. The minimum absolute atomic E-state index is 0.00330. The average Bonchev–Trinajstić information content (AvgIpc) is 2.91. The van der Waals surface area contributed by atoms with Crippen LogP contribution in [-0.4, -0.2) is 51.4 Å². The third-order valence-electron chi connectivity index (χ3n) is 6.09. The van der Waals surface area contributed by atoms with E-state index in [2.05, 4.69) is 5.32 Å². The van der Waals surface area contributed by atoms with Crippen LogP contribution < -0.4 is 14.4 Å². The number of anilines is 1. The zero-order chi connectivity index (χ0) is 27.9. The molecule has 0 fully saturated rings. The Balaban J connectivity index is 2.03. The van der Waals surface area contributed by atoms with E-state index in [0.717, 1.165) is 9.87 Å². The van der Waals surface area contributed by atoms with Gasteiger partial charge in [0.1, 0.15) is 18.3 Å². The molecule has 10 heteroatoms. The molecule has 0 aliphatic carbocycles. The van der Waals surface area contributed by atoms with Crippen LogP contribution >= 0.6 is 11.6 Å². The minimum Gasteiger partial charge on any atom is -0.497 e. The van der Waals surface area contributed by atoms with Crippen molar-refractivity contribution in [1.82, 2.24) is 10.2 Å². The van der Waals surface area contributed by atoms with Crippen molar-refractivity contribution in [2.24, 2.45) is 0 Å². The lowest BCUT2D eigenvalue weighted by Crippen LogP contribution is -2.51. The second kappa shape index (κ2) is 12.8. The highest BCUT2D eigenvalue weighted by molar-refractivity contribution is 7.92. The van der Waals surface area contributed by atoms with Crippen LogP contribution in [0.15, 0.2) is 77.7 Å². The van der Waals surface area contributed by atoms with Crippen molar-refractivity contribution in [3.05, 3.63) is 88.9 Å². The molecule has 2 amide bonds. The average molecular weight is 558 g/mol. The zero-order valence-corrected chi connectivity index (χ0v) is 23.4. The van der Waals surface area contributed by atoms with E-state index >= 15 is 0 Å². The van der Waals surface area contributed by atoms with Gasteiger partial charge in [-0.1, -0.05) is 41.9 Å². The summed E-state index contributed by atoms with van der Waals surface area (Å²) in [6.07, 6.45) is 0. The summed E-state index contributed by atoms with van der Waals surface area (Å²) >= 11 is 5.98. The molecule has 0 radical (unpaired) electrons. The van der Waals surface area contributed by atoms with Gasteiger partial charge in [-0.05, 0) is 74.4 Å². The van der Waals surface area contributed by atoms with Crippen molar-refractivity contribution in [1.29, 1.82) is 0 Å². The summed E-state index contributed by atoms with van der Waals surface area (Å²) in [6, 6.07) is 19.0. The van der Waals surface area contributed by atoms with E-state index in [-0.39, 0.29) is 17.3 Å². The number of benzene rings is 3. The predicted octanol–water partition coefficient (Wildman–Crippen LogP) is 4.41. The molecule has 0 spiro atoms.